The first-order valence-electron chi connectivity index (χ1n) is 1.06. The topological polar surface area (TPSA) is 26.3 Å². The summed E-state index contributed by atoms with van der Waals surface area (Å²) >= 11 is 4.49. The standard InChI is InChI=1S/C2H3ClO2.Co/c1-2(4)5-3;/h1H3;. The van der Waals surface area contributed by atoms with Gasteiger partial charge in [-0.3, -0.25) is 4.79 Å². The van der Waals surface area contributed by atoms with E-state index in [1.165, 1.54) is 6.92 Å². The third-order valence-corrected chi connectivity index (χ3v) is 0.326. The Morgan fingerprint density at radius 3 is 2.00 bits per heavy atom. The number of carbonyl (C=O) groups excluding carboxylic acids is 1. The number of hydrogen-bond donors (Lipinski definition) is 0. The van der Waals surface area contributed by atoms with Crippen LogP contribution in [0.5, 0.6) is 0 Å². The maximum absolute atomic E-state index is 9.46. The van der Waals surface area contributed by atoms with E-state index < -0.39 is 5.97 Å². The van der Waals surface area contributed by atoms with Crippen LogP contribution in [-0.2, 0) is 25.9 Å². The van der Waals surface area contributed by atoms with Gasteiger partial charge in [-0.15, -0.1) is 0 Å². The summed E-state index contributed by atoms with van der Waals surface area (Å²) in [5.74, 6) is -0.480. The fraction of sp³-hybridized carbons (Fsp3) is 0.500. The molecule has 0 spiro atoms. The van der Waals surface area contributed by atoms with Crippen molar-refractivity contribution < 1.29 is 25.9 Å². The SMILES string of the molecule is CC(=O)OCl.[Co]. The zero-order chi connectivity index (χ0) is 4.28. The average Bonchev–Trinajstić information content (AvgIpc) is 1.38. The van der Waals surface area contributed by atoms with Gasteiger partial charge in [0.05, 0.1) is 0 Å². The van der Waals surface area contributed by atoms with Gasteiger partial charge < -0.3 is 4.29 Å². The van der Waals surface area contributed by atoms with Crippen LogP contribution in [0.3, 0.4) is 0 Å². The van der Waals surface area contributed by atoms with E-state index in [1.54, 1.807) is 0 Å². The molecule has 0 unspecified atom stereocenters. The second-order valence-electron chi connectivity index (χ2n) is 0.569. The molecule has 0 bridgehead atoms. The summed E-state index contributed by atoms with van der Waals surface area (Å²) in [5.41, 5.74) is 0. The molecule has 0 rings (SSSR count). The van der Waals surface area contributed by atoms with E-state index in [-0.39, 0.29) is 16.8 Å². The molecule has 0 saturated carbocycles. The molecule has 0 aliphatic heterocycles. The molecule has 4 heteroatoms. The molecule has 0 heterocycles. The molecule has 1 radical (unpaired) electrons. The van der Waals surface area contributed by atoms with Gasteiger partial charge in [0, 0.05) is 23.7 Å². The Hall–Kier alpha value is 0.266. The number of rotatable bonds is 0. The fourth-order valence-corrected chi connectivity index (χ4v) is 0. The van der Waals surface area contributed by atoms with Crippen molar-refractivity contribution in [1.29, 1.82) is 0 Å². The Bertz CT molecular complexity index is 46.8. The minimum Gasteiger partial charge on any atom is -0.348 e. The van der Waals surface area contributed by atoms with Crippen molar-refractivity contribution in [2.75, 3.05) is 0 Å². The molecule has 0 amide bonds. The summed E-state index contributed by atoms with van der Waals surface area (Å²) < 4.78 is 3.58. The minimum absolute atomic E-state index is 0. The molecule has 0 saturated heterocycles. The monoisotopic (exact) mass is 153 g/mol. The summed E-state index contributed by atoms with van der Waals surface area (Å²) in [5, 5.41) is 0. The van der Waals surface area contributed by atoms with Gasteiger partial charge in [-0.1, -0.05) is 0 Å². The van der Waals surface area contributed by atoms with Crippen molar-refractivity contribution in [3.05, 3.63) is 0 Å². The first-order chi connectivity index (χ1) is 2.27. The molecule has 0 N–H and O–H groups in total. The van der Waals surface area contributed by atoms with E-state index >= 15 is 0 Å². The molecular weight excluding hydrogens is 150 g/mol. The van der Waals surface area contributed by atoms with Crippen LogP contribution in [0.15, 0.2) is 0 Å². The number of hydrogen-bond acceptors (Lipinski definition) is 2. The Balaban J connectivity index is 0. The van der Waals surface area contributed by atoms with Crippen molar-refractivity contribution in [3.63, 3.8) is 0 Å². The molecule has 2 nitrogen and oxygen atoms in total. The van der Waals surface area contributed by atoms with Crippen LogP contribution in [-0.4, -0.2) is 5.97 Å². The van der Waals surface area contributed by atoms with E-state index in [4.69, 9.17) is 0 Å². The summed E-state index contributed by atoms with van der Waals surface area (Å²) in [6, 6.07) is 0. The maximum atomic E-state index is 9.46. The predicted octanol–water partition coefficient (Wildman–Crippen LogP) is 0.701. The van der Waals surface area contributed by atoms with Crippen LogP contribution in [0.4, 0.5) is 0 Å². The van der Waals surface area contributed by atoms with Gasteiger partial charge >= 0.3 is 5.97 Å². The van der Waals surface area contributed by atoms with Gasteiger partial charge in [-0.2, -0.15) is 0 Å². The summed E-state index contributed by atoms with van der Waals surface area (Å²) in [6.07, 6.45) is 0. The van der Waals surface area contributed by atoms with E-state index in [2.05, 4.69) is 16.2 Å². The van der Waals surface area contributed by atoms with Gasteiger partial charge in [0.15, 0.2) is 0 Å². The first kappa shape index (κ1) is 9.55. The van der Waals surface area contributed by atoms with Crippen LogP contribution in [0.1, 0.15) is 6.92 Å². The smallest absolute Gasteiger partial charge is 0.321 e. The van der Waals surface area contributed by atoms with Crippen LogP contribution in [0.2, 0.25) is 0 Å². The van der Waals surface area contributed by atoms with Gasteiger partial charge in [0.1, 0.15) is 11.9 Å². The van der Waals surface area contributed by atoms with Gasteiger partial charge in [-0.05, 0) is 0 Å². The largest absolute Gasteiger partial charge is 0.348 e. The van der Waals surface area contributed by atoms with Crippen molar-refractivity contribution in [3.8, 4) is 0 Å². The second-order valence-corrected chi connectivity index (χ2v) is 0.723. The fourth-order valence-electron chi connectivity index (χ4n) is 0. The molecular formula is C2H3ClCoO2. The molecule has 0 aromatic carbocycles. The van der Waals surface area contributed by atoms with Gasteiger partial charge in [0.25, 0.3) is 0 Å². The maximum Gasteiger partial charge on any atom is 0.321 e. The van der Waals surface area contributed by atoms with Crippen LogP contribution in [0, 0.1) is 0 Å². The summed E-state index contributed by atoms with van der Waals surface area (Å²) in [4.78, 5) is 9.46. The number of halogens is 1. The molecule has 0 fully saturated rings. The van der Waals surface area contributed by atoms with Crippen molar-refractivity contribution >= 4 is 17.8 Å². The predicted molar refractivity (Wildman–Crippen MR) is 17.6 cm³/mol. The molecule has 0 aliphatic carbocycles. The normalized spacial score (nSPS) is 5.67. The third kappa shape index (κ3) is 8.86. The molecule has 0 atom stereocenters. The zero-order valence-corrected chi connectivity index (χ0v) is 4.82. The molecule has 0 aromatic heterocycles. The molecule has 39 valence electrons. The van der Waals surface area contributed by atoms with Crippen molar-refractivity contribution in [2.24, 2.45) is 0 Å². The minimum atomic E-state index is -0.480. The Kier molecular flexibility index (Phi) is 8.38. The van der Waals surface area contributed by atoms with E-state index in [9.17, 15) is 4.79 Å². The summed E-state index contributed by atoms with van der Waals surface area (Å²) in [7, 11) is 0. The number of carbonyl (C=O) groups is 1. The van der Waals surface area contributed by atoms with Gasteiger partial charge in [-0.25, -0.2) is 0 Å². The molecule has 6 heavy (non-hydrogen) atoms. The Morgan fingerprint density at radius 1 is 1.83 bits per heavy atom. The van der Waals surface area contributed by atoms with Crippen LogP contribution in [0.25, 0.3) is 0 Å². The van der Waals surface area contributed by atoms with Gasteiger partial charge in [0.2, 0.25) is 0 Å². The molecule has 0 aromatic rings. The zero-order valence-electron chi connectivity index (χ0n) is 3.03. The Labute approximate surface area is 51.2 Å². The quantitative estimate of drug-likeness (QED) is 0.512. The van der Waals surface area contributed by atoms with Crippen LogP contribution >= 0.6 is 11.9 Å². The van der Waals surface area contributed by atoms with Crippen molar-refractivity contribution in [1.82, 2.24) is 0 Å². The Morgan fingerprint density at radius 2 is 2.00 bits per heavy atom. The third-order valence-electron chi connectivity index (χ3n) is 0.109. The first-order valence-corrected chi connectivity index (χ1v) is 1.37. The van der Waals surface area contributed by atoms with E-state index in [0.717, 1.165) is 0 Å². The van der Waals surface area contributed by atoms with E-state index in [1.807, 2.05) is 0 Å². The van der Waals surface area contributed by atoms with E-state index in [0.29, 0.717) is 0 Å². The molecule has 0 aliphatic rings. The average molecular weight is 153 g/mol. The van der Waals surface area contributed by atoms with Crippen molar-refractivity contribution in [2.45, 2.75) is 6.92 Å². The second kappa shape index (κ2) is 5.27. The summed E-state index contributed by atoms with van der Waals surface area (Å²) in [6.45, 7) is 1.23. The van der Waals surface area contributed by atoms with Crippen LogP contribution < -0.4 is 0 Å².